The number of nitrogens with two attached hydrogens (primary N) is 1. The van der Waals surface area contributed by atoms with E-state index < -0.39 is 21.6 Å². The number of sulfone groups is 1. The number of amidine groups is 1. The highest BCUT2D eigenvalue weighted by molar-refractivity contribution is 7.91. The van der Waals surface area contributed by atoms with Crippen molar-refractivity contribution < 1.29 is 26.3 Å². The number of alkyl halides is 3. The third-order valence-corrected chi connectivity index (χ3v) is 8.50. The molecule has 0 aliphatic carbocycles. The second-order valence-electron chi connectivity index (χ2n) is 9.72. The van der Waals surface area contributed by atoms with Crippen LogP contribution in [0.15, 0.2) is 53.5 Å². The molecule has 2 saturated heterocycles. The lowest BCUT2D eigenvalue weighted by Gasteiger charge is -2.31. The third kappa shape index (κ3) is 6.36. The third-order valence-electron chi connectivity index (χ3n) is 6.90. The molecule has 0 spiro atoms. The molecule has 9 nitrogen and oxygen atoms in total. The Balaban J connectivity index is 1.52. The van der Waals surface area contributed by atoms with Crippen molar-refractivity contribution in [3.05, 3.63) is 65.2 Å². The van der Waals surface area contributed by atoms with Crippen LogP contribution in [0, 0.1) is 6.92 Å². The SMILES string of the molecule is Cc1ccc(N=C(N)c2cccc(C(F)(F)F)c2)cc1-c1cc(N2CCOCC2)nc(N2CCS(=O)(=O)CC2)n1. The molecule has 0 saturated carbocycles. The summed E-state index contributed by atoms with van der Waals surface area (Å²) in [5, 5.41) is 0. The smallest absolute Gasteiger partial charge is 0.383 e. The van der Waals surface area contributed by atoms with Gasteiger partial charge < -0.3 is 20.3 Å². The summed E-state index contributed by atoms with van der Waals surface area (Å²) in [6.07, 6.45) is -4.49. The quantitative estimate of drug-likeness (QED) is 0.364. The predicted molar refractivity (Wildman–Crippen MR) is 148 cm³/mol. The van der Waals surface area contributed by atoms with Gasteiger partial charge in [-0.2, -0.15) is 18.2 Å². The second-order valence-corrected chi connectivity index (χ2v) is 12.0. The number of rotatable bonds is 5. The molecule has 2 aromatic carbocycles. The molecule has 3 heterocycles. The van der Waals surface area contributed by atoms with Crippen molar-refractivity contribution >= 4 is 33.1 Å². The normalized spacial score (nSPS) is 18.1. The van der Waals surface area contributed by atoms with E-state index in [1.54, 1.807) is 12.1 Å². The molecule has 0 unspecified atom stereocenters. The van der Waals surface area contributed by atoms with Gasteiger partial charge in [0.15, 0.2) is 9.84 Å². The van der Waals surface area contributed by atoms with E-state index in [-0.39, 0.29) is 22.9 Å². The van der Waals surface area contributed by atoms with Crippen LogP contribution in [-0.2, 0) is 20.8 Å². The summed E-state index contributed by atoms with van der Waals surface area (Å²) < 4.78 is 69.0. The summed E-state index contributed by atoms with van der Waals surface area (Å²) in [5.74, 6) is 1.16. The Morgan fingerprint density at radius 1 is 0.975 bits per heavy atom. The van der Waals surface area contributed by atoms with Crippen LogP contribution >= 0.6 is 0 Å². The fourth-order valence-electron chi connectivity index (χ4n) is 4.58. The molecule has 5 rings (SSSR count). The maximum atomic E-state index is 13.2. The number of halogens is 3. The van der Waals surface area contributed by atoms with E-state index in [0.29, 0.717) is 62.5 Å². The number of anilines is 2. The Bertz CT molecular complexity index is 1520. The molecule has 0 radical (unpaired) electrons. The average molecular weight is 575 g/mol. The monoisotopic (exact) mass is 574 g/mol. The Morgan fingerprint density at radius 2 is 1.70 bits per heavy atom. The van der Waals surface area contributed by atoms with E-state index in [4.69, 9.17) is 20.4 Å². The number of aryl methyl sites for hydroxylation is 1. The van der Waals surface area contributed by atoms with Gasteiger partial charge >= 0.3 is 6.18 Å². The number of aromatic nitrogens is 2. The summed E-state index contributed by atoms with van der Waals surface area (Å²) in [4.78, 5) is 17.9. The highest BCUT2D eigenvalue weighted by Gasteiger charge is 2.30. The van der Waals surface area contributed by atoms with Gasteiger partial charge in [-0.3, -0.25) is 0 Å². The van der Waals surface area contributed by atoms with Gasteiger partial charge in [0.25, 0.3) is 0 Å². The van der Waals surface area contributed by atoms with Crippen molar-refractivity contribution in [2.24, 2.45) is 10.7 Å². The Hall–Kier alpha value is -3.71. The molecule has 40 heavy (non-hydrogen) atoms. The molecule has 2 aliphatic rings. The number of ether oxygens (including phenoxy) is 1. The molecular weight excluding hydrogens is 545 g/mol. The molecule has 2 N–H and O–H groups in total. The largest absolute Gasteiger partial charge is 0.416 e. The van der Waals surface area contributed by atoms with E-state index in [2.05, 4.69) is 9.89 Å². The minimum atomic E-state index is -4.49. The topological polar surface area (TPSA) is 114 Å². The minimum absolute atomic E-state index is 0.0333. The van der Waals surface area contributed by atoms with Gasteiger partial charge in [-0.15, -0.1) is 0 Å². The van der Waals surface area contributed by atoms with Crippen molar-refractivity contribution in [3.8, 4) is 11.3 Å². The first-order valence-electron chi connectivity index (χ1n) is 12.8. The van der Waals surface area contributed by atoms with E-state index in [1.807, 2.05) is 24.0 Å². The summed E-state index contributed by atoms with van der Waals surface area (Å²) in [7, 11) is -3.09. The van der Waals surface area contributed by atoms with Crippen LogP contribution in [-0.4, -0.2) is 75.1 Å². The van der Waals surface area contributed by atoms with Crippen LogP contribution in [0.25, 0.3) is 11.3 Å². The molecule has 1 aromatic heterocycles. The molecule has 0 bridgehead atoms. The lowest BCUT2D eigenvalue weighted by Crippen LogP contribution is -2.42. The molecule has 3 aromatic rings. The highest BCUT2D eigenvalue weighted by Crippen LogP contribution is 2.32. The Kier molecular flexibility index (Phi) is 7.69. The van der Waals surface area contributed by atoms with Crippen molar-refractivity contribution in [2.45, 2.75) is 13.1 Å². The lowest BCUT2D eigenvalue weighted by atomic mass is 10.0. The standard InChI is InChI=1S/C27H29F3N6O3S/c1-18-5-6-21(32-25(31)19-3-2-4-20(15-19)27(28,29)30)16-22(18)23-17-24(35-7-11-39-12-8-35)34-26(33-23)36-9-13-40(37,38)14-10-36/h2-6,15-17H,7-14H2,1H3,(H2,31,32). The number of hydrogen-bond acceptors (Lipinski definition) is 8. The first kappa shape index (κ1) is 27.8. The van der Waals surface area contributed by atoms with Gasteiger partial charge in [0.1, 0.15) is 11.7 Å². The van der Waals surface area contributed by atoms with Gasteiger partial charge in [0.05, 0.1) is 41.7 Å². The zero-order valence-electron chi connectivity index (χ0n) is 21.9. The minimum Gasteiger partial charge on any atom is -0.383 e. The fraction of sp³-hybridized carbons (Fsp3) is 0.370. The van der Waals surface area contributed by atoms with E-state index in [9.17, 15) is 21.6 Å². The van der Waals surface area contributed by atoms with Crippen LogP contribution in [0.1, 0.15) is 16.7 Å². The van der Waals surface area contributed by atoms with Crippen LogP contribution in [0.3, 0.4) is 0 Å². The number of aliphatic imine (C=N–C) groups is 1. The van der Waals surface area contributed by atoms with E-state index >= 15 is 0 Å². The summed E-state index contributed by atoms with van der Waals surface area (Å²) >= 11 is 0. The van der Waals surface area contributed by atoms with Crippen molar-refractivity contribution in [1.82, 2.24) is 9.97 Å². The zero-order chi connectivity index (χ0) is 28.5. The summed E-state index contributed by atoms with van der Waals surface area (Å²) in [6, 6.07) is 12.0. The predicted octanol–water partition coefficient (Wildman–Crippen LogP) is 3.58. The maximum Gasteiger partial charge on any atom is 0.416 e. The molecule has 0 atom stereocenters. The first-order valence-corrected chi connectivity index (χ1v) is 14.6. The molecule has 2 aliphatic heterocycles. The van der Waals surface area contributed by atoms with Crippen molar-refractivity contribution in [2.75, 3.05) is 60.7 Å². The second kappa shape index (κ2) is 11.0. The molecule has 212 valence electrons. The van der Waals surface area contributed by atoms with Crippen LogP contribution < -0.4 is 15.5 Å². The van der Waals surface area contributed by atoms with Gasteiger partial charge in [0, 0.05) is 43.4 Å². The zero-order valence-corrected chi connectivity index (χ0v) is 22.7. The molecule has 2 fully saturated rings. The number of benzene rings is 2. The average Bonchev–Trinajstić information content (AvgIpc) is 2.94. The van der Waals surface area contributed by atoms with Crippen molar-refractivity contribution in [3.63, 3.8) is 0 Å². The fourth-order valence-corrected chi connectivity index (χ4v) is 5.78. The molecule has 0 amide bonds. The number of morpholine rings is 1. The molecular formula is C27H29F3N6O3S. The summed E-state index contributed by atoms with van der Waals surface area (Å²) in [6.45, 7) is 4.95. The number of nitrogens with zero attached hydrogens (tertiary/aromatic N) is 5. The van der Waals surface area contributed by atoms with Gasteiger partial charge in [-0.1, -0.05) is 18.2 Å². The Labute approximate surface area is 230 Å². The van der Waals surface area contributed by atoms with Crippen molar-refractivity contribution in [1.29, 1.82) is 0 Å². The van der Waals surface area contributed by atoms with E-state index in [0.717, 1.165) is 23.3 Å². The Morgan fingerprint density at radius 3 is 2.40 bits per heavy atom. The number of hydrogen-bond donors (Lipinski definition) is 1. The maximum absolute atomic E-state index is 13.2. The van der Waals surface area contributed by atoms with E-state index in [1.165, 1.54) is 12.1 Å². The first-order chi connectivity index (χ1) is 19.0. The van der Waals surface area contributed by atoms with Gasteiger partial charge in [-0.05, 0) is 36.8 Å². The molecule has 13 heteroatoms. The van der Waals surface area contributed by atoms with Crippen LogP contribution in [0.5, 0.6) is 0 Å². The van der Waals surface area contributed by atoms with Gasteiger partial charge in [-0.25, -0.2) is 18.4 Å². The van der Waals surface area contributed by atoms with Gasteiger partial charge in [0.2, 0.25) is 5.95 Å². The lowest BCUT2D eigenvalue weighted by molar-refractivity contribution is -0.137. The van der Waals surface area contributed by atoms with Crippen LogP contribution in [0.2, 0.25) is 0 Å². The highest BCUT2D eigenvalue weighted by atomic mass is 32.2. The van der Waals surface area contributed by atoms with Crippen LogP contribution in [0.4, 0.5) is 30.6 Å². The summed E-state index contributed by atoms with van der Waals surface area (Å²) in [5.41, 5.74) is 8.19.